The van der Waals surface area contributed by atoms with Gasteiger partial charge >= 0.3 is 6.03 Å². The Bertz CT molecular complexity index is 391. The van der Waals surface area contributed by atoms with E-state index in [2.05, 4.69) is 5.32 Å². The molecule has 2 heterocycles. The number of primary amides is 1. The standard InChI is InChI=1S/C10H16N4O4/c11-6(7(12)15)5-14-8(16)10(13-9(14)17)1-3-18-4-2-10/h6H,1-5,11H2,(H2,12,15)(H,13,17). The first-order valence-corrected chi connectivity index (χ1v) is 5.73. The van der Waals surface area contributed by atoms with Gasteiger partial charge in [-0.15, -0.1) is 0 Å². The Labute approximate surface area is 104 Å². The van der Waals surface area contributed by atoms with E-state index in [4.69, 9.17) is 16.2 Å². The first-order valence-electron chi connectivity index (χ1n) is 5.73. The molecule has 1 spiro atoms. The summed E-state index contributed by atoms with van der Waals surface area (Å²) in [4.78, 5) is 35.8. The Kier molecular flexibility index (Phi) is 3.22. The fourth-order valence-electron chi connectivity index (χ4n) is 2.19. The summed E-state index contributed by atoms with van der Waals surface area (Å²) in [6.45, 7) is 0.645. The minimum Gasteiger partial charge on any atom is -0.381 e. The van der Waals surface area contributed by atoms with Crippen LogP contribution in [0.2, 0.25) is 0 Å². The Balaban J connectivity index is 2.11. The number of hydrogen-bond donors (Lipinski definition) is 3. The van der Waals surface area contributed by atoms with Crippen LogP contribution in [0.4, 0.5) is 4.79 Å². The zero-order valence-corrected chi connectivity index (χ0v) is 9.85. The van der Waals surface area contributed by atoms with Crippen LogP contribution in [0.5, 0.6) is 0 Å². The van der Waals surface area contributed by atoms with Gasteiger partial charge in [0.25, 0.3) is 5.91 Å². The van der Waals surface area contributed by atoms with Gasteiger partial charge in [-0.25, -0.2) is 4.79 Å². The monoisotopic (exact) mass is 256 g/mol. The highest BCUT2D eigenvalue weighted by atomic mass is 16.5. The molecular weight excluding hydrogens is 240 g/mol. The smallest absolute Gasteiger partial charge is 0.325 e. The molecule has 18 heavy (non-hydrogen) atoms. The van der Waals surface area contributed by atoms with E-state index >= 15 is 0 Å². The minimum atomic E-state index is -1.05. The average molecular weight is 256 g/mol. The summed E-state index contributed by atoms with van der Waals surface area (Å²) in [5.41, 5.74) is 9.59. The van der Waals surface area contributed by atoms with Crippen LogP contribution in [0, 0.1) is 0 Å². The van der Waals surface area contributed by atoms with Crippen LogP contribution in [0.1, 0.15) is 12.8 Å². The van der Waals surface area contributed by atoms with Gasteiger partial charge in [-0.3, -0.25) is 14.5 Å². The third-order valence-electron chi connectivity index (χ3n) is 3.34. The number of nitrogens with one attached hydrogen (secondary N) is 1. The van der Waals surface area contributed by atoms with E-state index in [1.165, 1.54) is 0 Å². The molecule has 8 heteroatoms. The molecule has 2 aliphatic heterocycles. The van der Waals surface area contributed by atoms with Crippen molar-refractivity contribution in [3.8, 4) is 0 Å². The summed E-state index contributed by atoms with van der Waals surface area (Å²) in [6, 6.07) is -1.58. The molecule has 0 radical (unpaired) electrons. The van der Waals surface area contributed by atoms with E-state index in [1.54, 1.807) is 0 Å². The summed E-state index contributed by atoms with van der Waals surface area (Å²) in [5, 5.41) is 2.66. The minimum absolute atomic E-state index is 0.192. The molecule has 0 aromatic heterocycles. The number of amides is 4. The number of carbonyl (C=O) groups is 3. The maximum absolute atomic E-state index is 12.2. The van der Waals surface area contributed by atoms with Crippen LogP contribution in [-0.2, 0) is 14.3 Å². The number of carbonyl (C=O) groups excluding carboxylic acids is 3. The van der Waals surface area contributed by atoms with E-state index < -0.39 is 23.5 Å². The van der Waals surface area contributed by atoms with Gasteiger partial charge in [0.1, 0.15) is 11.6 Å². The summed E-state index contributed by atoms with van der Waals surface area (Å²) in [7, 11) is 0. The second kappa shape index (κ2) is 4.54. The van der Waals surface area contributed by atoms with E-state index in [9.17, 15) is 14.4 Å². The van der Waals surface area contributed by atoms with Gasteiger partial charge in [0.15, 0.2) is 0 Å². The van der Waals surface area contributed by atoms with Crippen molar-refractivity contribution in [2.45, 2.75) is 24.4 Å². The molecule has 2 aliphatic rings. The van der Waals surface area contributed by atoms with Gasteiger partial charge in [0.05, 0.1) is 6.54 Å². The van der Waals surface area contributed by atoms with E-state index in [0.717, 1.165) is 4.90 Å². The molecule has 0 saturated carbocycles. The molecule has 2 rings (SSSR count). The largest absolute Gasteiger partial charge is 0.381 e. The predicted molar refractivity (Wildman–Crippen MR) is 60.2 cm³/mol. The highest BCUT2D eigenvalue weighted by Crippen LogP contribution is 2.28. The molecule has 2 fully saturated rings. The summed E-state index contributed by atoms with van der Waals surface area (Å²) in [6.07, 6.45) is 0.861. The fourth-order valence-corrected chi connectivity index (χ4v) is 2.19. The van der Waals surface area contributed by atoms with Gasteiger partial charge in [-0.05, 0) is 0 Å². The first kappa shape index (κ1) is 12.8. The third kappa shape index (κ3) is 2.04. The molecule has 0 bridgehead atoms. The van der Waals surface area contributed by atoms with Crippen molar-refractivity contribution < 1.29 is 19.1 Å². The molecule has 2 saturated heterocycles. The van der Waals surface area contributed by atoms with Gasteiger partial charge in [-0.1, -0.05) is 0 Å². The van der Waals surface area contributed by atoms with Gasteiger partial charge in [0, 0.05) is 26.1 Å². The first-order chi connectivity index (χ1) is 8.46. The van der Waals surface area contributed by atoms with Crippen molar-refractivity contribution in [1.29, 1.82) is 0 Å². The topological polar surface area (TPSA) is 128 Å². The molecule has 4 amide bonds. The molecule has 5 N–H and O–H groups in total. The Morgan fingerprint density at radius 2 is 2.06 bits per heavy atom. The van der Waals surface area contributed by atoms with Gasteiger partial charge < -0.3 is 21.5 Å². The van der Waals surface area contributed by atoms with Crippen LogP contribution in [0.3, 0.4) is 0 Å². The molecule has 1 atom stereocenters. The lowest BCUT2D eigenvalue weighted by Gasteiger charge is -2.30. The lowest BCUT2D eigenvalue weighted by Crippen LogP contribution is -2.52. The maximum Gasteiger partial charge on any atom is 0.325 e. The maximum atomic E-state index is 12.2. The van der Waals surface area contributed by atoms with Crippen LogP contribution in [-0.4, -0.2) is 54.1 Å². The van der Waals surface area contributed by atoms with Crippen molar-refractivity contribution in [3.63, 3.8) is 0 Å². The van der Waals surface area contributed by atoms with Crippen molar-refractivity contribution in [2.75, 3.05) is 19.8 Å². The molecule has 8 nitrogen and oxygen atoms in total. The lowest BCUT2D eigenvalue weighted by atomic mass is 9.90. The van der Waals surface area contributed by atoms with Crippen molar-refractivity contribution in [3.05, 3.63) is 0 Å². The number of nitrogens with zero attached hydrogens (tertiary/aromatic N) is 1. The molecule has 0 aromatic rings. The molecular formula is C10H16N4O4. The van der Waals surface area contributed by atoms with Crippen LogP contribution >= 0.6 is 0 Å². The Morgan fingerprint density at radius 1 is 1.44 bits per heavy atom. The van der Waals surface area contributed by atoms with Crippen LogP contribution in [0.25, 0.3) is 0 Å². The quantitative estimate of drug-likeness (QED) is 0.498. The Morgan fingerprint density at radius 3 is 2.61 bits per heavy atom. The summed E-state index contributed by atoms with van der Waals surface area (Å²) >= 11 is 0. The number of imide groups is 1. The molecule has 0 aliphatic carbocycles. The predicted octanol–water partition coefficient (Wildman–Crippen LogP) is -2.10. The van der Waals surface area contributed by atoms with Gasteiger partial charge in [0.2, 0.25) is 5.91 Å². The average Bonchev–Trinajstić information content (AvgIpc) is 2.55. The van der Waals surface area contributed by atoms with E-state index in [-0.39, 0.29) is 12.5 Å². The van der Waals surface area contributed by atoms with E-state index in [1.807, 2.05) is 0 Å². The highest BCUT2D eigenvalue weighted by Gasteiger charge is 2.52. The number of ether oxygens (including phenoxy) is 1. The fraction of sp³-hybridized carbons (Fsp3) is 0.700. The zero-order valence-electron chi connectivity index (χ0n) is 9.85. The van der Waals surface area contributed by atoms with Crippen molar-refractivity contribution in [2.24, 2.45) is 11.5 Å². The summed E-state index contributed by atoms with van der Waals surface area (Å²) < 4.78 is 5.17. The number of nitrogens with two attached hydrogens (primary N) is 2. The molecule has 0 aromatic carbocycles. The van der Waals surface area contributed by atoms with Crippen molar-refractivity contribution in [1.82, 2.24) is 10.2 Å². The SMILES string of the molecule is NC(=O)C(N)CN1C(=O)NC2(CCOCC2)C1=O. The van der Waals surface area contributed by atoms with Crippen LogP contribution in [0.15, 0.2) is 0 Å². The van der Waals surface area contributed by atoms with Crippen LogP contribution < -0.4 is 16.8 Å². The number of urea groups is 1. The lowest BCUT2D eigenvalue weighted by molar-refractivity contribution is -0.135. The second-order valence-electron chi connectivity index (χ2n) is 4.55. The second-order valence-corrected chi connectivity index (χ2v) is 4.55. The number of rotatable bonds is 3. The Hall–Kier alpha value is -1.67. The molecule has 100 valence electrons. The number of hydrogen-bond acceptors (Lipinski definition) is 5. The van der Waals surface area contributed by atoms with Gasteiger partial charge in [-0.2, -0.15) is 0 Å². The summed E-state index contributed by atoms with van der Waals surface area (Å²) in [5.74, 6) is -1.10. The van der Waals surface area contributed by atoms with Crippen molar-refractivity contribution >= 4 is 17.8 Å². The third-order valence-corrected chi connectivity index (χ3v) is 3.34. The zero-order chi connectivity index (χ0) is 13.3. The molecule has 1 unspecified atom stereocenters. The van der Waals surface area contributed by atoms with E-state index in [0.29, 0.717) is 26.1 Å². The highest BCUT2D eigenvalue weighted by molar-refractivity contribution is 6.07. The normalized spacial score (nSPS) is 24.2.